The van der Waals surface area contributed by atoms with Gasteiger partial charge in [0, 0.05) is 37.8 Å². The second kappa shape index (κ2) is 11.6. The van der Waals surface area contributed by atoms with E-state index < -0.39 is 4.92 Å². The van der Waals surface area contributed by atoms with Gasteiger partial charge in [-0.05, 0) is 51.4 Å². The molecule has 2 aromatic rings. The van der Waals surface area contributed by atoms with Crippen molar-refractivity contribution in [2.75, 3.05) is 32.8 Å². The van der Waals surface area contributed by atoms with Crippen LogP contribution in [0.3, 0.4) is 0 Å². The second-order valence-corrected chi connectivity index (χ2v) is 6.96. The lowest BCUT2D eigenvalue weighted by molar-refractivity contribution is -0.384. The van der Waals surface area contributed by atoms with Crippen molar-refractivity contribution in [3.05, 3.63) is 51.8 Å². The van der Waals surface area contributed by atoms with Gasteiger partial charge in [-0.3, -0.25) is 14.9 Å². The third-order valence-corrected chi connectivity index (χ3v) is 5.04. The molecule has 0 bridgehead atoms. The number of nitrogens with one attached hydrogen (secondary N) is 2. The molecule has 0 radical (unpaired) electrons. The van der Waals surface area contributed by atoms with Gasteiger partial charge >= 0.3 is 0 Å². The van der Waals surface area contributed by atoms with E-state index in [1.807, 2.05) is 6.92 Å². The molecule has 1 aliphatic heterocycles. The third-order valence-electron chi connectivity index (χ3n) is 5.04. The monoisotopic (exact) mass is 437 g/mol. The van der Waals surface area contributed by atoms with Crippen LogP contribution in [-0.2, 0) is 4.74 Å². The van der Waals surface area contributed by atoms with Gasteiger partial charge in [0.2, 0.25) is 0 Å². The molecule has 2 heterocycles. The van der Waals surface area contributed by atoms with E-state index >= 15 is 0 Å². The van der Waals surface area contributed by atoms with Crippen molar-refractivity contribution < 1.29 is 14.5 Å². The summed E-state index contributed by atoms with van der Waals surface area (Å²) >= 11 is 0. The van der Waals surface area contributed by atoms with Crippen molar-refractivity contribution in [2.24, 2.45) is 0 Å². The van der Waals surface area contributed by atoms with Crippen LogP contribution in [0.2, 0.25) is 0 Å². The Bertz CT molecular complexity index is 834. The van der Waals surface area contributed by atoms with Crippen LogP contribution >= 0.6 is 12.4 Å². The van der Waals surface area contributed by atoms with Gasteiger partial charge in [0.15, 0.2) is 0 Å². The molecule has 0 unspecified atom stereocenters. The van der Waals surface area contributed by atoms with E-state index in [9.17, 15) is 14.9 Å². The zero-order chi connectivity index (χ0) is 20.6. The van der Waals surface area contributed by atoms with Crippen molar-refractivity contribution in [1.82, 2.24) is 20.4 Å². The SMILES string of the molecule is CCOCCCNC(=O)c1cnn(-c2ccc([N+](=O)[O-])cc2)c1C1CCNCC1.Cl. The first kappa shape index (κ1) is 23.8. The number of non-ortho nitro benzene ring substituents is 1. The van der Waals surface area contributed by atoms with E-state index in [2.05, 4.69) is 15.7 Å². The predicted molar refractivity (Wildman–Crippen MR) is 116 cm³/mol. The standard InChI is InChI=1S/C20H27N5O4.ClH/c1-2-29-13-3-10-22-20(26)18-14-23-24(19(18)15-8-11-21-12-9-15)16-4-6-17(7-5-16)25(27)28;/h4-7,14-15,21H,2-3,8-13H2,1H3,(H,22,26);1H. The number of halogens is 1. The largest absolute Gasteiger partial charge is 0.382 e. The van der Waals surface area contributed by atoms with Gasteiger partial charge in [0.1, 0.15) is 0 Å². The molecule has 1 aromatic heterocycles. The van der Waals surface area contributed by atoms with E-state index in [1.165, 1.54) is 12.1 Å². The predicted octanol–water partition coefficient (Wildman–Crippen LogP) is 2.83. The zero-order valence-corrected chi connectivity index (χ0v) is 17.8. The lowest BCUT2D eigenvalue weighted by Gasteiger charge is -2.24. The highest BCUT2D eigenvalue weighted by molar-refractivity contribution is 5.95. The number of piperidine rings is 1. The van der Waals surface area contributed by atoms with Gasteiger partial charge < -0.3 is 15.4 Å². The van der Waals surface area contributed by atoms with E-state index in [4.69, 9.17) is 4.74 Å². The van der Waals surface area contributed by atoms with Gasteiger partial charge in [-0.1, -0.05) is 0 Å². The molecular formula is C20H28ClN5O4. The van der Waals surface area contributed by atoms with Crippen LogP contribution in [-0.4, -0.2) is 53.5 Å². The average Bonchev–Trinajstić information content (AvgIpc) is 3.19. The number of carbonyl (C=O) groups is 1. The van der Waals surface area contributed by atoms with Crippen LogP contribution in [0.5, 0.6) is 0 Å². The number of hydrogen-bond donors (Lipinski definition) is 2. The summed E-state index contributed by atoms with van der Waals surface area (Å²) in [4.78, 5) is 23.3. The summed E-state index contributed by atoms with van der Waals surface area (Å²) in [6.07, 6.45) is 4.15. The molecule has 10 heteroatoms. The molecule has 30 heavy (non-hydrogen) atoms. The maximum atomic E-state index is 12.8. The first-order chi connectivity index (χ1) is 14.1. The highest BCUT2D eigenvalue weighted by Crippen LogP contribution is 2.30. The normalized spacial score (nSPS) is 14.2. The molecule has 1 fully saturated rings. The van der Waals surface area contributed by atoms with Gasteiger partial charge in [-0.2, -0.15) is 5.10 Å². The molecule has 0 aliphatic carbocycles. The molecule has 1 amide bonds. The van der Waals surface area contributed by atoms with Gasteiger partial charge in [0.25, 0.3) is 11.6 Å². The number of nitro groups is 1. The Morgan fingerprint density at radius 1 is 1.33 bits per heavy atom. The molecule has 9 nitrogen and oxygen atoms in total. The fourth-order valence-electron chi connectivity index (χ4n) is 3.56. The molecule has 1 aromatic carbocycles. The molecule has 0 spiro atoms. The lowest BCUT2D eigenvalue weighted by atomic mass is 9.91. The van der Waals surface area contributed by atoms with Crippen LogP contribution in [0, 0.1) is 10.1 Å². The smallest absolute Gasteiger partial charge is 0.269 e. The van der Waals surface area contributed by atoms with E-state index in [0.717, 1.165) is 38.0 Å². The summed E-state index contributed by atoms with van der Waals surface area (Å²) in [5.74, 6) is 0.0429. The number of ether oxygens (including phenoxy) is 1. The van der Waals surface area contributed by atoms with Crippen LogP contribution in [0.4, 0.5) is 5.69 Å². The van der Waals surface area contributed by atoms with Gasteiger partial charge in [0.05, 0.1) is 28.1 Å². The Morgan fingerprint density at radius 2 is 2.03 bits per heavy atom. The minimum Gasteiger partial charge on any atom is -0.382 e. The summed E-state index contributed by atoms with van der Waals surface area (Å²) < 4.78 is 7.05. The summed E-state index contributed by atoms with van der Waals surface area (Å²) in [5.41, 5.74) is 2.16. The van der Waals surface area contributed by atoms with Crippen LogP contribution in [0.25, 0.3) is 5.69 Å². The fraction of sp³-hybridized carbons (Fsp3) is 0.500. The fourth-order valence-corrected chi connectivity index (χ4v) is 3.56. The van der Waals surface area contributed by atoms with Crippen molar-refractivity contribution in [1.29, 1.82) is 0 Å². The highest BCUT2D eigenvalue weighted by Gasteiger charge is 2.27. The molecule has 0 atom stereocenters. The highest BCUT2D eigenvalue weighted by atomic mass is 35.5. The summed E-state index contributed by atoms with van der Waals surface area (Å²) in [6, 6.07) is 6.24. The Morgan fingerprint density at radius 3 is 2.67 bits per heavy atom. The average molecular weight is 438 g/mol. The molecule has 3 rings (SSSR count). The lowest BCUT2D eigenvalue weighted by Crippen LogP contribution is -2.30. The summed E-state index contributed by atoms with van der Waals surface area (Å²) in [5, 5.41) is 21.7. The summed E-state index contributed by atoms with van der Waals surface area (Å²) in [6.45, 7) is 5.51. The Balaban J connectivity index is 0.00000320. The first-order valence-electron chi connectivity index (χ1n) is 10.0. The number of nitro benzene ring substituents is 1. The number of nitrogens with zero attached hydrogens (tertiary/aromatic N) is 3. The van der Waals surface area contributed by atoms with Crippen molar-refractivity contribution in [2.45, 2.75) is 32.1 Å². The van der Waals surface area contributed by atoms with Crippen LogP contribution < -0.4 is 10.6 Å². The number of aromatic nitrogens is 2. The quantitative estimate of drug-likeness (QED) is 0.354. The van der Waals surface area contributed by atoms with Crippen LogP contribution in [0.15, 0.2) is 30.5 Å². The van der Waals surface area contributed by atoms with Gasteiger partial charge in [-0.15, -0.1) is 12.4 Å². The Kier molecular flexibility index (Phi) is 9.22. The third kappa shape index (κ3) is 5.78. The first-order valence-corrected chi connectivity index (χ1v) is 10.0. The minimum atomic E-state index is -0.429. The topological polar surface area (TPSA) is 111 Å². The number of benzene rings is 1. The van der Waals surface area contributed by atoms with Crippen LogP contribution in [0.1, 0.15) is 48.2 Å². The van der Waals surface area contributed by atoms with Crippen molar-refractivity contribution >= 4 is 24.0 Å². The Hall–Kier alpha value is -2.49. The maximum absolute atomic E-state index is 12.8. The van der Waals surface area contributed by atoms with E-state index in [-0.39, 0.29) is 29.9 Å². The number of amides is 1. The minimum absolute atomic E-state index is 0. The number of hydrogen-bond acceptors (Lipinski definition) is 6. The van der Waals surface area contributed by atoms with Gasteiger partial charge in [-0.25, -0.2) is 4.68 Å². The Labute approximate surface area is 181 Å². The van der Waals surface area contributed by atoms with Crippen molar-refractivity contribution in [3.63, 3.8) is 0 Å². The second-order valence-electron chi connectivity index (χ2n) is 6.96. The molecular weight excluding hydrogens is 410 g/mol. The zero-order valence-electron chi connectivity index (χ0n) is 17.0. The molecule has 0 saturated carbocycles. The number of rotatable bonds is 9. The summed E-state index contributed by atoms with van der Waals surface area (Å²) in [7, 11) is 0. The molecule has 1 aliphatic rings. The number of carbonyl (C=O) groups excluding carboxylic acids is 1. The maximum Gasteiger partial charge on any atom is 0.269 e. The van der Waals surface area contributed by atoms with Crippen molar-refractivity contribution in [3.8, 4) is 5.69 Å². The molecule has 164 valence electrons. The van der Waals surface area contributed by atoms with E-state index in [1.54, 1.807) is 23.0 Å². The molecule has 1 saturated heterocycles. The molecule has 2 N–H and O–H groups in total. The van der Waals surface area contributed by atoms with E-state index in [0.29, 0.717) is 31.0 Å².